The zero-order valence-corrected chi connectivity index (χ0v) is 35.9. The minimum absolute atomic E-state index is 0. The predicted octanol–water partition coefficient (Wildman–Crippen LogP) is 7.78. The number of amides is 2. The third-order valence-electron chi connectivity index (χ3n) is 9.83. The molecule has 2 atom stereocenters. The largest absolute Gasteiger partial charge is 1.00 e. The second-order valence-electron chi connectivity index (χ2n) is 14.1. The van der Waals surface area contributed by atoms with Gasteiger partial charge < -0.3 is 39.3 Å². The van der Waals surface area contributed by atoms with Crippen molar-refractivity contribution in [2.24, 2.45) is 5.10 Å². The molecule has 5 rings (SSSR count). The summed E-state index contributed by atoms with van der Waals surface area (Å²) in [5.41, 5.74) is 3.24. The molecule has 2 heterocycles. The zero-order chi connectivity index (χ0) is 38.0. The molecular formula is C40H44Cl4IN5O3. The third-order valence-corrected chi connectivity index (χ3v) is 11.0. The van der Waals surface area contributed by atoms with Crippen molar-refractivity contribution in [2.75, 3.05) is 15.6 Å². The Labute approximate surface area is 349 Å². The summed E-state index contributed by atoms with van der Waals surface area (Å²) in [4.78, 5) is 27.7. The number of nitrogens with one attached hydrogen (secondary N) is 2. The van der Waals surface area contributed by atoms with Crippen molar-refractivity contribution in [3.05, 3.63) is 110 Å². The lowest BCUT2D eigenvalue weighted by Crippen LogP contribution is -3.00. The van der Waals surface area contributed by atoms with E-state index in [9.17, 15) is 9.59 Å². The van der Waals surface area contributed by atoms with Crippen molar-refractivity contribution in [3.63, 3.8) is 0 Å². The number of anilines is 3. The van der Waals surface area contributed by atoms with Crippen LogP contribution in [0.4, 0.5) is 17.1 Å². The van der Waals surface area contributed by atoms with Crippen LogP contribution < -0.4 is 48.9 Å². The van der Waals surface area contributed by atoms with Gasteiger partial charge in [-0.05, 0) is 72.1 Å². The Morgan fingerprint density at radius 1 is 0.887 bits per heavy atom. The number of nitrogens with zero attached hydrogens (tertiary/aromatic N) is 3. The van der Waals surface area contributed by atoms with Crippen LogP contribution in [0.3, 0.4) is 0 Å². The average molecular weight is 912 g/mol. The summed E-state index contributed by atoms with van der Waals surface area (Å²) in [5, 5.41) is 13.0. The molecule has 4 aromatic rings. The van der Waals surface area contributed by atoms with E-state index in [1.54, 1.807) is 47.3 Å². The zero-order valence-electron chi connectivity index (χ0n) is 30.7. The first kappa shape index (κ1) is 42.6. The number of aromatic nitrogens is 1. The maximum Gasteiger partial charge on any atom is 0.324 e. The van der Waals surface area contributed by atoms with Gasteiger partial charge in [0.15, 0.2) is 18.5 Å². The number of hydrazone groups is 1. The summed E-state index contributed by atoms with van der Waals surface area (Å²) >= 11 is 25.8. The third kappa shape index (κ3) is 9.42. The van der Waals surface area contributed by atoms with Crippen molar-refractivity contribution in [1.29, 1.82) is 0 Å². The van der Waals surface area contributed by atoms with Crippen molar-refractivity contribution < 1.29 is 42.9 Å². The molecule has 2 N–H and O–H groups in total. The summed E-state index contributed by atoms with van der Waals surface area (Å²) < 4.78 is 8.19. The highest BCUT2D eigenvalue weighted by atomic mass is 127. The van der Waals surface area contributed by atoms with Crippen LogP contribution in [-0.4, -0.2) is 23.8 Å². The van der Waals surface area contributed by atoms with Crippen LogP contribution in [0, 0.1) is 0 Å². The van der Waals surface area contributed by atoms with E-state index in [1.807, 2.05) is 19.1 Å². The molecule has 2 unspecified atom stereocenters. The van der Waals surface area contributed by atoms with Gasteiger partial charge in [0, 0.05) is 28.4 Å². The van der Waals surface area contributed by atoms with E-state index in [1.165, 1.54) is 17.7 Å². The average Bonchev–Trinajstić information content (AvgIpc) is 3.42. The van der Waals surface area contributed by atoms with E-state index >= 15 is 0 Å². The molecule has 53 heavy (non-hydrogen) atoms. The van der Waals surface area contributed by atoms with E-state index < -0.39 is 18.1 Å². The first-order chi connectivity index (χ1) is 24.6. The van der Waals surface area contributed by atoms with E-state index in [0.29, 0.717) is 33.6 Å². The molecule has 3 aromatic carbocycles. The smallest absolute Gasteiger partial charge is 0.324 e. The van der Waals surface area contributed by atoms with Gasteiger partial charge >= 0.3 is 5.91 Å². The second kappa shape index (κ2) is 17.6. The SMILES string of the molecule is CCC(Oc1ccc(C(C)(C)CC)cc1C(C)(C)CC)C(=O)Nc1ccc(Cl)c(NC2=NN(c3c(Cl)cc(Cl)cc3Cl)C(=O)C2[n+]2ccccc2)c1.[I-]. The summed E-state index contributed by atoms with van der Waals surface area (Å²) in [6, 6.07) is 18.9. The van der Waals surface area contributed by atoms with Gasteiger partial charge in [0.2, 0.25) is 5.84 Å². The Balaban J connectivity index is 0.00000627. The lowest BCUT2D eigenvalue weighted by molar-refractivity contribution is -0.693. The van der Waals surface area contributed by atoms with Crippen molar-refractivity contribution in [1.82, 2.24) is 0 Å². The normalized spacial score (nSPS) is 15.1. The van der Waals surface area contributed by atoms with Crippen LogP contribution in [0.15, 0.2) is 84.2 Å². The Morgan fingerprint density at radius 2 is 1.53 bits per heavy atom. The maximum absolute atomic E-state index is 13.9. The van der Waals surface area contributed by atoms with Crippen LogP contribution in [0.25, 0.3) is 0 Å². The van der Waals surface area contributed by atoms with Crippen molar-refractivity contribution in [2.45, 2.75) is 90.7 Å². The van der Waals surface area contributed by atoms with Gasteiger partial charge in [-0.25, -0.2) is 0 Å². The minimum Gasteiger partial charge on any atom is -1.00 e. The quantitative estimate of drug-likeness (QED) is 0.112. The number of carbonyl (C=O) groups is 2. The number of benzene rings is 3. The van der Waals surface area contributed by atoms with Gasteiger partial charge in [0.25, 0.3) is 11.9 Å². The number of ether oxygens (including phenoxy) is 1. The fraction of sp³-hybridized carbons (Fsp3) is 0.350. The van der Waals surface area contributed by atoms with Crippen LogP contribution in [-0.2, 0) is 20.4 Å². The number of amidine groups is 1. The summed E-state index contributed by atoms with van der Waals surface area (Å²) in [5.74, 6) is 0.231. The molecule has 1 aliphatic heterocycles. The van der Waals surface area contributed by atoms with E-state index in [0.717, 1.165) is 23.4 Å². The Hall–Kier alpha value is -3.09. The molecule has 0 saturated heterocycles. The molecule has 0 spiro atoms. The molecule has 0 bridgehead atoms. The molecule has 13 heteroatoms. The number of hydrogen-bond acceptors (Lipinski definition) is 5. The van der Waals surface area contributed by atoms with Crippen LogP contribution in [0.5, 0.6) is 5.75 Å². The highest BCUT2D eigenvalue weighted by Crippen LogP contribution is 2.41. The number of halogens is 5. The van der Waals surface area contributed by atoms with E-state index in [-0.39, 0.29) is 62.3 Å². The molecule has 0 fully saturated rings. The number of rotatable bonds is 12. The van der Waals surface area contributed by atoms with Gasteiger partial charge in [-0.2, -0.15) is 9.58 Å². The number of hydrogen-bond donors (Lipinski definition) is 2. The predicted molar refractivity (Wildman–Crippen MR) is 214 cm³/mol. The summed E-state index contributed by atoms with van der Waals surface area (Å²) in [6.07, 6.45) is 5.09. The Morgan fingerprint density at radius 3 is 2.13 bits per heavy atom. The first-order valence-electron chi connectivity index (χ1n) is 17.3. The van der Waals surface area contributed by atoms with Crippen LogP contribution in [0.2, 0.25) is 20.1 Å². The Bertz CT molecular complexity index is 1980. The Kier molecular flexibility index (Phi) is 14.1. The number of pyridine rings is 1. The molecule has 8 nitrogen and oxygen atoms in total. The van der Waals surface area contributed by atoms with E-state index in [4.69, 9.17) is 51.1 Å². The fourth-order valence-electron chi connectivity index (χ4n) is 5.80. The van der Waals surface area contributed by atoms with Gasteiger partial charge in [-0.15, -0.1) is 5.10 Å². The van der Waals surface area contributed by atoms with Crippen LogP contribution >= 0.6 is 46.4 Å². The summed E-state index contributed by atoms with van der Waals surface area (Å²) in [6.45, 7) is 15.1. The van der Waals surface area contributed by atoms with Gasteiger partial charge in [0.1, 0.15) is 11.4 Å². The van der Waals surface area contributed by atoms with Crippen molar-refractivity contribution in [3.8, 4) is 5.75 Å². The molecule has 0 aliphatic carbocycles. The molecule has 282 valence electrons. The first-order valence-corrected chi connectivity index (χ1v) is 18.8. The van der Waals surface area contributed by atoms with Crippen molar-refractivity contribution >= 4 is 81.1 Å². The highest BCUT2D eigenvalue weighted by Gasteiger charge is 2.45. The molecular weight excluding hydrogens is 867 g/mol. The minimum atomic E-state index is -0.910. The molecule has 2 amide bonds. The lowest BCUT2D eigenvalue weighted by atomic mass is 9.76. The topological polar surface area (TPSA) is 86.9 Å². The molecule has 1 aromatic heterocycles. The second-order valence-corrected chi connectivity index (χ2v) is 15.7. The number of carbonyl (C=O) groups excluding carboxylic acids is 2. The lowest BCUT2D eigenvalue weighted by Gasteiger charge is -2.31. The molecule has 1 aliphatic rings. The fourth-order valence-corrected chi connectivity index (χ4v) is 6.94. The van der Waals surface area contributed by atoms with Gasteiger partial charge in [-0.3, -0.25) is 9.59 Å². The van der Waals surface area contributed by atoms with Gasteiger partial charge in [-0.1, -0.05) is 113 Å². The highest BCUT2D eigenvalue weighted by molar-refractivity contribution is 6.43. The standard InChI is InChI=1S/C40H43Cl4N5O3.HI/c1-8-32(52-33-17-14-24(39(4,5)9-2)20-27(33)40(6,7)10-3)37(50)45-26-15-16-28(42)31(23-26)46-36-35(48-18-12-11-13-19-48)38(51)49(47-36)34-29(43)21-25(41)22-30(34)44;/h11-23,32,35H,8-10H2,1-7H3,(H-,45,46,47,50);1H. The monoisotopic (exact) mass is 909 g/mol. The van der Waals surface area contributed by atoms with E-state index in [2.05, 4.69) is 69.4 Å². The van der Waals surface area contributed by atoms with Crippen LogP contribution in [0.1, 0.15) is 84.9 Å². The summed E-state index contributed by atoms with van der Waals surface area (Å²) in [7, 11) is 0. The maximum atomic E-state index is 13.9. The molecule has 0 radical (unpaired) electrons. The van der Waals surface area contributed by atoms with Gasteiger partial charge in [0.05, 0.1) is 20.8 Å². The molecule has 0 saturated carbocycles.